The Balaban J connectivity index is 2.93. The number of hydrogen-bond acceptors (Lipinski definition) is 5. The zero-order chi connectivity index (χ0) is 16.4. The Kier molecular flexibility index (Phi) is 6.59. The molecule has 1 saturated heterocycles. The van der Waals surface area contributed by atoms with E-state index in [1.807, 2.05) is 20.8 Å². The molecule has 122 valence electrons. The van der Waals surface area contributed by atoms with E-state index in [-0.39, 0.29) is 17.9 Å². The average Bonchev–Trinajstić information content (AvgIpc) is 2.36. The SMILES string of the molecule is CC[C@H]1OC(OC(=N)C(Cl)(Cl)Cl)[C@@H](OC(C)=O)[C@@H](C)[C@@H]1C. The van der Waals surface area contributed by atoms with Gasteiger partial charge in [0.05, 0.1) is 6.10 Å². The van der Waals surface area contributed by atoms with E-state index in [0.717, 1.165) is 6.42 Å². The van der Waals surface area contributed by atoms with Crippen LogP contribution in [0.2, 0.25) is 0 Å². The van der Waals surface area contributed by atoms with Gasteiger partial charge >= 0.3 is 5.97 Å². The Bertz CT molecular complexity index is 399. The predicted molar refractivity (Wildman–Crippen MR) is 81.9 cm³/mol. The van der Waals surface area contributed by atoms with E-state index < -0.39 is 28.1 Å². The molecule has 0 aromatic carbocycles. The van der Waals surface area contributed by atoms with Crippen LogP contribution in [0.1, 0.15) is 34.1 Å². The van der Waals surface area contributed by atoms with Crippen molar-refractivity contribution in [2.24, 2.45) is 11.8 Å². The van der Waals surface area contributed by atoms with Gasteiger partial charge in [-0.2, -0.15) is 0 Å². The van der Waals surface area contributed by atoms with Crippen molar-refractivity contribution in [3.05, 3.63) is 0 Å². The maximum atomic E-state index is 11.3. The van der Waals surface area contributed by atoms with Crippen LogP contribution >= 0.6 is 34.8 Å². The zero-order valence-electron chi connectivity index (χ0n) is 12.4. The Hall–Kier alpha value is -0.230. The van der Waals surface area contributed by atoms with Gasteiger partial charge in [0.25, 0.3) is 3.79 Å². The summed E-state index contributed by atoms with van der Waals surface area (Å²) in [6.45, 7) is 7.25. The van der Waals surface area contributed by atoms with Crippen LogP contribution in [0.25, 0.3) is 0 Å². The molecule has 1 N–H and O–H groups in total. The van der Waals surface area contributed by atoms with Crippen LogP contribution in [0, 0.1) is 17.2 Å². The van der Waals surface area contributed by atoms with E-state index in [1.54, 1.807) is 0 Å². The third kappa shape index (κ3) is 4.88. The summed E-state index contributed by atoms with van der Waals surface area (Å²) in [5.74, 6) is -0.861. The van der Waals surface area contributed by atoms with Crippen LogP contribution in [0.5, 0.6) is 0 Å². The van der Waals surface area contributed by atoms with Crippen molar-refractivity contribution in [3.8, 4) is 0 Å². The first-order chi connectivity index (χ1) is 9.57. The van der Waals surface area contributed by atoms with Gasteiger partial charge in [-0.25, -0.2) is 0 Å². The standard InChI is InChI=1S/C13H20Cl3NO4/c1-5-9-6(2)7(3)10(19-8(4)18)11(20-9)21-12(17)13(14,15)16/h6-7,9-11,17H,5H2,1-4H3/t6-,7-,9+,10-,11?/m0/s1. The number of esters is 1. The largest absolute Gasteiger partial charge is 0.456 e. The highest BCUT2D eigenvalue weighted by atomic mass is 35.6. The predicted octanol–water partition coefficient (Wildman–Crippen LogP) is 3.69. The second-order valence-electron chi connectivity index (χ2n) is 5.19. The molecule has 5 nitrogen and oxygen atoms in total. The first-order valence-corrected chi connectivity index (χ1v) is 7.86. The number of hydrogen-bond donors (Lipinski definition) is 1. The zero-order valence-corrected chi connectivity index (χ0v) is 14.6. The minimum absolute atomic E-state index is 0.0132. The molecule has 1 aliphatic heterocycles. The smallest absolute Gasteiger partial charge is 0.303 e. The topological polar surface area (TPSA) is 68.6 Å². The third-order valence-electron chi connectivity index (χ3n) is 3.71. The minimum atomic E-state index is -1.99. The van der Waals surface area contributed by atoms with Gasteiger partial charge in [-0.1, -0.05) is 55.6 Å². The van der Waals surface area contributed by atoms with Crippen molar-refractivity contribution >= 4 is 46.7 Å². The van der Waals surface area contributed by atoms with Gasteiger partial charge in [0, 0.05) is 12.8 Å². The summed E-state index contributed by atoms with van der Waals surface area (Å²) in [7, 11) is 0. The molecule has 21 heavy (non-hydrogen) atoms. The summed E-state index contributed by atoms with van der Waals surface area (Å²) >= 11 is 16.8. The van der Waals surface area contributed by atoms with E-state index in [9.17, 15) is 4.79 Å². The number of alkyl halides is 3. The normalized spacial score (nSPS) is 33.4. The maximum Gasteiger partial charge on any atom is 0.303 e. The highest BCUT2D eigenvalue weighted by Crippen LogP contribution is 2.36. The molecule has 1 unspecified atom stereocenters. The van der Waals surface area contributed by atoms with Crippen molar-refractivity contribution < 1.29 is 19.0 Å². The molecule has 1 heterocycles. The van der Waals surface area contributed by atoms with E-state index in [4.69, 9.17) is 54.4 Å². The number of carbonyl (C=O) groups is 1. The molecule has 0 radical (unpaired) electrons. The first kappa shape index (κ1) is 18.8. The molecule has 0 aromatic heterocycles. The first-order valence-electron chi connectivity index (χ1n) is 6.73. The Morgan fingerprint density at radius 1 is 1.24 bits per heavy atom. The van der Waals surface area contributed by atoms with Crippen LogP contribution in [-0.2, 0) is 19.0 Å². The van der Waals surface area contributed by atoms with Crippen molar-refractivity contribution in [3.63, 3.8) is 0 Å². The van der Waals surface area contributed by atoms with Crippen LogP contribution in [0.4, 0.5) is 0 Å². The number of rotatable bonds is 3. The van der Waals surface area contributed by atoms with Gasteiger partial charge in [0.2, 0.25) is 12.2 Å². The Morgan fingerprint density at radius 3 is 2.24 bits per heavy atom. The summed E-state index contributed by atoms with van der Waals surface area (Å²) in [5.41, 5.74) is 0. The molecular weight excluding hydrogens is 341 g/mol. The monoisotopic (exact) mass is 359 g/mol. The molecule has 0 aromatic rings. The lowest BCUT2D eigenvalue weighted by molar-refractivity contribution is -0.251. The summed E-state index contributed by atoms with van der Waals surface area (Å²) in [4.78, 5) is 11.3. The molecule has 1 fully saturated rings. The van der Waals surface area contributed by atoms with Gasteiger partial charge in [-0.05, 0) is 12.3 Å². The number of nitrogens with one attached hydrogen (secondary N) is 1. The van der Waals surface area contributed by atoms with Crippen molar-refractivity contribution in [2.45, 2.75) is 56.4 Å². The molecule has 0 aliphatic carbocycles. The lowest BCUT2D eigenvalue weighted by Crippen LogP contribution is -2.53. The summed E-state index contributed by atoms with van der Waals surface area (Å²) in [6, 6.07) is 0. The van der Waals surface area contributed by atoms with E-state index in [2.05, 4.69) is 0 Å². The fourth-order valence-corrected chi connectivity index (χ4v) is 2.49. The van der Waals surface area contributed by atoms with E-state index in [0.29, 0.717) is 0 Å². The lowest BCUT2D eigenvalue weighted by atomic mass is 9.82. The molecule has 1 aliphatic rings. The van der Waals surface area contributed by atoms with Crippen molar-refractivity contribution in [2.75, 3.05) is 0 Å². The highest BCUT2D eigenvalue weighted by Gasteiger charge is 2.46. The van der Waals surface area contributed by atoms with E-state index in [1.165, 1.54) is 6.92 Å². The number of carbonyl (C=O) groups excluding carboxylic acids is 1. The molecule has 0 saturated carbocycles. The van der Waals surface area contributed by atoms with Crippen LogP contribution in [0.15, 0.2) is 0 Å². The van der Waals surface area contributed by atoms with Gasteiger partial charge in [0.1, 0.15) is 0 Å². The summed E-state index contributed by atoms with van der Waals surface area (Å²) in [6.07, 6.45) is -0.944. The van der Waals surface area contributed by atoms with Crippen LogP contribution in [0.3, 0.4) is 0 Å². The average molecular weight is 361 g/mol. The van der Waals surface area contributed by atoms with Crippen molar-refractivity contribution in [1.29, 1.82) is 5.41 Å². The van der Waals surface area contributed by atoms with Gasteiger partial charge in [0.15, 0.2) is 6.10 Å². The Morgan fingerprint density at radius 2 is 1.81 bits per heavy atom. The summed E-state index contributed by atoms with van der Waals surface area (Å²) in [5, 5.41) is 7.65. The highest BCUT2D eigenvalue weighted by molar-refractivity contribution is 6.76. The van der Waals surface area contributed by atoms with Gasteiger partial charge in [-0.3, -0.25) is 10.2 Å². The third-order valence-corrected chi connectivity index (χ3v) is 4.22. The molecule has 0 bridgehead atoms. The molecule has 1 rings (SSSR count). The van der Waals surface area contributed by atoms with Gasteiger partial charge < -0.3 is 14.2 Å². The molecule has 5 atom stereocenters. The minimum Gasteiger partial charge on any atom is -0.456 e. The molecular formula is C13H20Cl3NO4. The van der Waals surface area contributed by atoms with Crippen LogP contribution in [-0.4, -0.2) is 34.2 Å². The second-order valence-corrected chi connectivity index (χ2v) is 7.47. The molecule has 0 spiro atoms. The lowest BCUT2D eigenvalue weighted by Gasteiger charge is -2.43. The molecule has 8 heteroatoms. The fraction of sp³-hybridized carbons (Fsp3) is 0.846. The second kappa shape index (κ2) is 7.36. The van der Waals surface area contributed by atoms with E-state index >= 15 is 0 Å². The quantitative estimate of drug-likeness (QED) is 0.361. The van der Waals surface area contributed by atoms with Crippen LogP contribution < -0.4 is 0 Å². The van der Waals surface area contributed by atoms with Gasteiger partial charge in [-0.15, -0.1) is 0 Å². The molecule has 0 amide bonds. The maximum absolute atomic E-state index is 11.3. The number of halogens is 3. The summed E-state index contributed by atoms with van der Waals surface area (Å²) < 4.78 is 14.4. The fourth-order valence-electron chi connectivity index (χ4n) is 2.36. The number of ether oxygens (including phenoxy) is 3. The van der Waals surface area contributed by atoms with Crippen molar-refractivity contribution in [1.82, 2.24) is 0 Å². The Labute approximate surface area is 139 Å².